The summed E-state index contributed by atoms with van der Waals surface area (Å²) in [6.07, 6.45) is 2.95. The molecule has 1 saturated carbocycles. The van der Waals surface area contributed by atoms with Crippen LogP contribution in [0.3, 0.4) is 0 Å². The lowest BCUT2D eigenvalue weighted by Gasteiger charge is -2.32. The number of hydrogen-bond donors (Lipinski definition) is 0. The molecule has 1 aliphatic heterocycles. The molecule has 0 bridgehead atoms. The maximum absolute atomic E-state index is 12.4. The van der Waals surface area contributed by atoms with Crippen LogP contribution in [0.25, 0.3) is 0 Å². The summed E-state index contributed by atoms with van der Waals surface area (Å²) < 4.78 is 16.9. The molecule has 1 fully saturated rings. The summed E-state index contributed by atoms with van der Waals surface area (Å²) in [5.41, 5.74) is 0.493. The highest BCUT2D eigenvalue weighted by Gasteiger charge is 2.34. The fourth-order valence-electron chi connectivity index (χ4n) is 2.77. The molecular weight excluding hydrogens is 282 g/mol. The quantitative estimate of drug-likeness (QED) is 0.840. The van der Waals surface area contributed by atoms with Crippen molar-refractivity contribution in [3.63, 3.8) is 0 Å². The molecule has 3 rings (SSSR count). The number of ether oxygens (including phenoxy) is 3. The molecule has 0 atom stereocenters. The number of hydrogen-bond acceptors (Lipinski definition) is 4. The average Bonchev–Trinajstić information content (AvgIpc) is 2.56. The van der Waals surface area contributed by atoms with Crippen molar-refractivity contribution in [3.05, 3.63) is 23.8 Å². The number of amides is 1. The topological polar surface area (TPSA) is 48.0 Å². The Bertz CT molecular complexity index is 566. The van der Waals surface area contributed by atoms with Crippen LogP contribution < -0.4 is 9.47 Å². The van der Waals surface area contributed by atoms with Crippen LogP contribution in [0.5, 0.6) is 11.5 Å². The molecular formula is C17H23NO4. The predicted octanol–water partition coefficient (Wildman–Crippen LogP) is 3.36. The molecule has 5 heteroatoms. The van der Waals surface area contributed by atoms with Crippen LogP contribution in [-0.4, -0.2) is 36.4 Å². The van der Waals surface area contributed by atoms with E-state index < -0.39 is 5.60 Å². The Labute approximate surface area is 131 Å². The first-order chi connectivity index (χ1) is 10.5. The molecule has 1 aliphatic carbocycles. The smallest absolute Gasteiger partial charge is 0.410 e. The van der Waals surface area contributed by atoms with Gasteiger partial charge in [-0.1, -0.05) is 0 Å². The van der Waals surface area contributed by atoms with Crippen LogP contribution >= 0.6 is 0 Å². The summed E-state index contributed by atoms with van der Waals surface area (Å²) in [4.78, 5) is 14.1. The van der Waals surface area contributed by atoms with E-state index in [1.807, 2.05) is 32.0 Å². The van der Waals surface area contributed by atoms with Crippen molar-refractivity contribution in [1.82, 2.24) is 4.90 Å². The lowest BCUT2D eigenvalue weighted by molar-refractivity contribution is 0.00992. The lowest BCUT2D eigenvalue weighted by atomic mass is 9.96. The molecule has 0 spiro atoms. The maximum atomic E-state index is 12.4. The van der Waals surface area contributed by atoms with Crippen molar-refractivity contribution in [2.75, 3.05) is 13.7 Å². The molecule has 0 saturated heterocycles. The van der Waals surface area contributed by atoms with Crippen molar-refractivity contribution >= 4 is 6.09 Å². The second-order valence-corrected chi connectivity index (χ2v) is 6.63. The summed E-state index contributed by atoms with van der Waals surface area (Å²) in [6, 6.07) is 5.70. The van der Waals surface area contributed by atoms with Crippen LogP contribution in [0.4, 0.5) is 4.79 Å². The summed E-state index contributed by atoms with van der Waals surface area (Å²) in [6.45, 7) is 4.94. The number of nitrogens with zero attached hydrogens (tertiary/aromatic N) is 1. The van der Waals surface area contributed by atoms with Gasteiger partial charge in [0.25, 0.3) is 0 Å². The van der Waals surface area contributed by atoms with Crippen molar-refractivity contribution in [2.24, 2.45) is 0 Å². The minimum absolute atomic E-state index is 0.0927. The standard InChI is InChI=1S/C17H23NO4/c1-17(2)11-18(16(19)21-13-5-4-6-13)10-12-7-8-14(20-3)9-15(12)22-17/h7-9,13H,4-6,10-11H2,1-3H3. The number of carbonyl (C=O) groups is 1. The molecule has 1 amide bonds. The van der Waals surface area contributed by atoms with E-state index in [1.165, 1.54) is 0 Å². The summed E-state index contributed by atoms with van der Waals surface area (Å²) in [5.74, 6) is 1.52. The Morgan fingerprint density at radius 1 is 1.36 bits per heavy atom. The molecule has 0 N–H and O–H groups in total. The molecule has 0 radical (unpaired) electrons. The first-order valence-corrected chi connectivity index (χ1v) is 7.78. The monoisotopic (exact) mass is 305 g/mol. The van der Waals surface area contributed by atoms with Gasteiger partial charge in [-0.2, -0.15) is 0 Å². The van der Waals surface area contributed by atoms with E-state index in [0.29, 0.717) is 13.1 Å². The van der Waals surface area contributed by atoms with Gasteiger partial charge in [0.05, 0.1) is 20.2 Å². The van der Waals surface area contributed by atoms with Crippen LogP contribution in [0.1, 0.15) is 38.7 Å². The third-order valence-corrected chi connectivity index (χ3v) is 4.17. The van der Waals surface area contributed by atoms with E-state index in [9.17, 15) is 4.79 Å². The van der Waals surface area contributed by atoms with Gasteiger partial charge in [0.1, 0.15) is 23.2 Å². The van der Waals surface area contributed by atoms with Crippen LogP contribution in [-0.2, 0) is 11.3 Å². The molecule has 1 heterocycles. The van der Waals surface area contributed by atoms with Crippen molar-refractivity contribution in [1.29, 1.82) is 0 Å². The molecule has 1 aromatic rings. The minimum atomic E-state index is -0.476. The van der Waals surface area contributed by atoms with Crippen LogP contribution in [0, 0.1) is 0 Å². The maximum Gasteiger partial charge on any atom is 0.410 e. The number of carbonyl (C=O) groups excluding carboxylic acids is 1. The van der Waals surface area contributed by atoms with E-state index in [4.69, 9.17) is 14.2 Å². The highest BCUT2D eigenvalue weighted by molar-refractivity contribution is 5.68. The normalized spacial score (nSPS) is 20.2. The van der Waals surface area contributed by atoms with E-state index in [0.717, 1.165) is 36.3 Å². The van der Waals surface area contributed by atoms with Crippen molar-refractivity contribution in [3.8, 4) is 11.5 Å². The molecule has 120 valence electrons. The van der Waals surface area contributed by atoms with Gasteiger partial charge < -0.3 is 14.2 Å². The molecule has 22 heavy (non-hydrogen) atoms. The van der Waals surface area contributed by atoms with E-state index in [1.54, 1.807) is 12.0 Å². The Balaban J connectivity index is 1.81. The third-order valence-electron chi connectivity index (χ3n) is 4.17. The number of benzene rings is 1. The zero-order valence-corrected chi connectivity index (χ0v) is 13.4. The lowest BCUT2D eigenvalue weighted by Crippen LogP contribution is -2.44. The zero-order chi connectivity index (χ0) is 15.7. The summed E-state index contributed by atoms with van der Waals surface area (Å²) in [5, 5.41) is 0. The SMILES string of the molecule is COc1ccc2c(c1)OC(C)(C)CN(C(=O)OC1CCC1)C2. The summed E-state index contributed by atoms with van der Waals surface area (Å²) >= 11 is 0. The van der Waals surface area contributed by atoms with Gasteiger partial charge in [0.2, 0.25) is 0 Å². The van der Waals surface area contributed by atoms with Crippen LogP contribution in [0.15, 0.2) is 18.2 Å². The second kappa shape index (κ2) is 5.71. The van der Waals surface area contributed by atoms with E-state index in [-0.39, 0.29) is 12.2 Å². The largest absolute Gasteiger partial charge is 0.497 e. The van der Waals surface area contributed by atoms with Crippen molar-refractivity contribution < 1.29 is 19.0 Å². The predicted molar refractivity (Wildman–Crippen MR) is 82.2 cm³/mol. The van der Waals surface area contributed by atoms with E-state index in [2.05, 4.69) is 0 Å². The molecule has 1 aromatic carbocycles. The average molecular weight is 305 g/mol. The Kier molecular flexibility index (Phi) is 3.89. The molecule has 0 unspecified atom stereocenters. The highest BCUT2D eigenvalue weighted by atomic mass is 16.6. The number of rotatable bonds is 2. The van der Waals surface area contributed by atoms with Gasteiger partial charge in [0, 0.05) is 11.6 Å². The molecule has 2 aliphatic rings. The number of fused-ring (bicyclic) bond motifs is 1. The van der Waals surface area contributed by atoms with Gasteiger partial charge in [-0.05, 0) is 45.2 Å². The third kappa shape index (κ3) is 3.13. The molecule has 0 aromatic heterocycles. The van der Waals surface area contributed by atoms with Gasteiger partial charge in [-0.25, -0.2) is 4.79 Å². The van der Waals surface area contributed by atoms with E-state index >= 15 is 0 Å². The fourth-order valence-corrected chi connectivity index (χ4v) is 2.77. The summed E-state index contributed by atoms with van der Waals surface area (Å²) in [7, 11) is 1.63. The van der Waals surface area contributed by atoms with Gasteiger partial charge in [0.15, 0.2) is 0 Å². The molecule has 5 nitrogen and oxygen atoms in total. The van der Waals surface area contributed by atoms with Gasteiger partial charge >= 0.3 is 6.09 Å². The second-order valence-electron chi connectivity index (χ2n) is 6.63. The fraction of sp³-hybridized carbons (Fsp3) is 0.588. The Morgan fingerprint density at radius 3 is 2.77 bits per heavy atom. The minimum Gasteiger partial charge on any atom is -0.497 e. The van der Waals surface area contributed by atoms with Gasteiger partial charge in [-0.15, -0.1) is 0 Å². The van der Waals surface area contributed by atoms with Crippen molar-refractivity contribution in [2.45, 2.75) is 51.4 Å². The first kappa shape index (κ1) is 15.0. The van der Waals surface area contributed by atoms with Gasteiger partial charge in [-0.3, -0.25) is 4.90 Å². The Morgan fingerprint density at radius 2 is 2.14 bits per heavy atom. The van der Waals surface area contributed by atoms with Crippen LogP contribution in [0.2, 0.25) is 0 Å². The highest BCUT2D eigenvalue weighted by Crippen LogP contribution is 2.33. The first-order valence-electron chi connectivity index (χ1n) is 7.78. The Hall–Kier alpha value is -1.91. The number of methoxy groups -OCH3 is 1. The zero-order valence-electron chi connectivity index (χ0n) is 13.4.